The lowest BCUT2D eigenvalue weighted by atomic mass is 10.0. The van der Waals surface area contributed by atoms with Crippen molar-refractivity contribution in [1.29, 1.82) is 0 Å². The van der Waals surface area contributed by atoms with Crippen LogP contribution in [0, 0.1) is 0 Å². The van der Waals surface area contributed by atoms with Gasteiger partial charge in [-0.2, -0.15) is 5.10 Å². The number of carbonyl (C=O) groups is 1. The molecule has 1 unspecified atom stereocenters. The van der Waals surface area contributed by atoms with Gasteiger partial charge < -0.3 is 10.1 Å². The van der Waals surface area contributed by atoms with E-state index < -0.39 is 0 Å². The van der Waals surface area contributed by atoms with Gasteiger partial charge in [-0.05, 0) is 20.3 Å². The predicted octanol–water partition coefficient (Wildman–Crippen LogP) is 1.84. The van der Waals surface area contributed by atoms with Gasteiger partial charge in [-0.3, -0.25) is 9.48 Å². The maximum absolute atomic E-state index is 12.2. The van der Waals surface area contributed by atoms with Crippen molar-refractivity contribution in [2.45, 2.75) is 31.9 Å². The fraction of sp³-hybridized carbons (Fsp3) is 0.500. The predicted molar refractivity (Wildman–Crippen MR) is 80.2 cm³/mol. The number of nitrogens with one attached hydrogen (secondary N) is 1. The van der Waals surface area contributed by atoms with Gasteiger partial charge in [0.1, 0.15) is 9.88 Å². The zero-order valence-corrected chi connectivity index (χ0v) is 13.1. The van der Waals surface area contributed by atoms with Crippen LogP contribution in [0.3, 0.4) is 0 Å². The molecular formula is C14H18N4O2S. The molecule has 3 rings (SSSR count). The summed E-state index contributed by atoms with van der Waals surface area (Å²) in [7, 11) is 1.85. The number of aromatic nitrogens is 3. The van der Waals surface area contributed by atoms with Crippen LogP contribution in [0.25, 0.3) is 10.6 Å². The van der Waals surface area contributed by atoms with E-state index >= 15 is 0 Å². The number of aryl methyl sites for hydroxylation is 1. The Hall–Kier alpha value is -1.73. The van der Waals surface area contributed by atoms with Crippen LogP contribution in [0.1, 0.15) is 29.9 Å². The van der Waals surface area contributed by atoms with E-state index in [-0.39, 0.29) is 17.6 Å². The number of hydrogen-bond donors (Lipinski definition) is 1. The van der Waals surface area contributed by atoms with Crippen molar-refractivity contribution >= 4 is 17.2 Å². The molecule has 0 bridgehead atoms. The highest BCUT2D eigenvalue weighted by atomic mass is 32.1. The molecule has 6 nitrogen and oxygen atoms in total. The van der Waals surface area contributed by atoms with Crippen LogP contribution < -0.4 is 5.32 Å². The van der Waals surface area contributed by atoms with Crippen molar-refractivity contribution in [2.24, 2.45) is 7.05 Å². The quantitative estimate of drug-likeness (QED) is 0.939. The number of ether oxygens (including phenoxy) is 1. The summed E-state index contributed by atoms with van der Waals surface area (Å²) in [4.78, 5) is 17.2. The molecule has 1 atom stereocenters. The van der Waals surface area contributed by atoms with Gasteiger partial charge in [0.05, 0.1) is 30.6 Å². The summed E-state index contributed by atoms with van der Waals surface area (Å²) in [5.74, 6) is -0.0889. The molecule has 2 aromatic heterocycles. The van der Waals surface area contributed by atoms with Gasteiger partial charge in [-0.1, -0.05) is 0 Å². The maximum atomic E-state index is 12.2. The molecule has 7 heteroatoms. The Bertz CT molecular complexity index is 661. The molecule has 112 valence electrons. The second-order valence-corrected chi connectivity index (χ2v) is 6.91. The largest absolute Gasteiger partial charge is 0.373 e. The number of rotatable bonds is 3. The fourth-order valence-electron chi connectivity index (χ4n) is 2.43. The average Bonchev–Trinajstić information content (AvgIpc) is 3.09. The molecule has 1 aliphatic rings. The highest BCUT2D eigenvalue weighted by Gasteiger charge is 2.33. The zero-order valence-electron chi connectivity index (χ0n) is 12.3. The van der Waals surface area contributed by atoms with Crippen LogP contribution in [0.15, 0.2) is 18.6 Å². The summed E-state index contributed by atoms with van der Waals surface area (Å²) in [5.41, 5.74) is 0.763. The Morgan fingerprint density at radius 2 is 2.33 bits per heavy atom. The average molecular weight is 306 g/mol. The number of nitrogens with zero attached hydrogens (tertiary/aromatic N) is 3. The smallest absolute Gasteiger partial charge is 0.263 e. The third-order valence-corrected chi connectivity index (χ3v) is 4.47. The van der Waals surface area contributed by atoms with Crippen molar-refractivity contribution in [3.05, 3.63) is 23.5 Å². The maximum Gasteiger partial charge on any atom is 0.263 e. The van der Waals surface area contributed by atoms with E-state index in [2.05, 4.69) is 15.4 Å². The topological polar surface area (TPSA) is 69.0 Å². The van der Waals surface area contributed by atoms with Crippen molar-refractivity contribution in [2.75, 3.05) is 6.61 Å². The second-order valence-electron chi connectivity index (χ2n) is 5.88. The van der Waals surface area contributed by atoms with Crippen LogP contribution in [0.5, 0.6) is 0 Å². The third-order valence-electron chi connectivity index (χ3n) is 3.43. The monoisotopic (exact) mass is 306 g/mol. The fourth-order valence-corrected chi connectivity index (χ4v) is 3.22. The first-order chi connectivity index (χ1) is 9.93. The number of thiazole rings is 1. The van der Waals surface area contributed by atoms with E-state index in [1.807, 2.05) is 27.1 Å². The van der Waals surface area contributed by atoms with Crippen molar-refractivity contribution in [3.8, 4) is 10.6 Å². The zero-order chi connectivity index (χ0) is 15.0. The molecule has 1 fully saturated rings. The first-order valence-electron chi connectivity index (χ1n) is 6.83. The van der Waals surface area contributed by atoms with E-state index in [4.69, 9.17) is 4.74 Å². The Morgan fingerprint density at radius 1 is 1.52 bits per heavy atom. The van der Waals surface area contributed by atoms with Gasteiger partial charge in [-0.15, -0.1) is 11.3 Å². The minimum absolute atomic E-state index is 0.0661. The van der Waals surface area contributed by atoms with Gasteiger partial charge >= 0.3 is 0 Å². The number of carbonyl (C=O) groups excluding carboxylic acids is 1. The number of hydrogen-bond acceptors (Lipinski definition) is 5. The number of amides is 1. The third kappa shape index (κ3) is 3.14. The van der Waals surface area contributed by atoms with Crippen LogP contribution >= 0.6 is 11.3 Å². The Labute approximate surface area is 127 Å². The summed E-state index contributed by atoms with van der Waals surface area (Å²) in [6.07, 6.45) is 6.07. The van der Waals surface area contributed by atoms with Gasteiger partial charge in [-0.25, -0.2) is 4.98 Å². The molecule has 1 saturated heterocycles. The highest BCUT2D eigenvalue weighted by molar-refractivity contribution is 7.16. The molecular weight excluding hydrogens is 288 g/mol. The lowest BCUT2D eigenvalue weighted by Crippen LogP contribution is -2.35. The SMILES string of the molecule is Cn1cc(-c2ncc(C(=O)NC3COC(C)(C)C3)s2)cn1. The lowest BCUT2D eigenvalue weighted by Gasteiger charge is -2.15. The molecule has 0 aromatic carbocycles. The summed E-state index contributed by atoms with van der Waals surface area (Å²) in [6.45, 7) is 4.63. The van der Waals surface area contributed by atoms with Gasteiger partial charge in [0.25, 0.3) is 5.91 Å². The van der Waals surface area contributed by atoms with Crippen LogP contribution in [-0.4, -0.2) is 38.9 Å². The van der Waals surface area contributed by atoms with Gasteiger partial charge in [0.15, 0.2) is 0 Å². The summed E-state index contributed by atoms with van der Waals surface area (Å²) < 4.78 is 7.35. The van der Waals surface area contributed by atoms with E-state index in [0.717, 1.165) is 17.0 Å². The molecule has 0 radical (unpaired) electrons. The van der Waals surface area contributed by atoms with Crippen molar-refractivity contribution in [3.63, 3.8) is 0 Å². The van der Waals surface area contributed by atoms with Crippen LogP contribution in [-0.2, 0) is 11.8 Å². The molecule has 2 aromatic rings. The highest BCUT2D eigenvalue weighted by Crippen LogP contribution is 2.27. The first kappa shape index (κ1) is 14.2. The van der Waals surface area contributed by atoms with Gasteiger partial charge in [0.2, 0.25) is 0 Å². The van der Waals surface area contributed by atoms with Crippen molar-refractivity contribution < 1.29 is 9.53 Å². The Kier molecular flexibility index (Phi) is 3.54. The molecule has 0 aliphatic carbocycles. The molecule has 3 heterocycles. The Morgan fingerprint density at radius 3 is 2.95 bits per heavy atom. The molecule has 1 amide bonds. The Balaban J connectivity index is 1.67. The van der Waals surface area contributed by atoms with E-state index in [9.17, 15) is 4.79 Å². The standard InChI is InChI=1S/C14H18N4O2S/c1-14(2)4-10(8-20-14)17-12(19)11-6-15-13(21-11)9-5-16-18(3)7-9/h5-7,10H,4,8H2,1-3H3,(H,17,19). The first-order valence-corrected chi connectivity index (χ1v) is 7.64. The minimum Gasteiger partial charge on any atom is -0.373 e. The van der Waals surface area contributed by atoms with Crippen LogP contribution in [0.2, 0.25) is 0 Å². The minimum atomic E-state index is -0.160. The molecule has 1 N–H and O–H groups in total. The molecule has 0 spiro atoms. The van der Waals surface area contributed by atoms with Crippen molar-refractivity contribution in [1.82, 2.24) is 20.1 Å². The van der Waals surface area contributed by atoms with Crippen LogP contribution in [0.4, 0.5) is 0 Å². The lowest BCUT2D eigenvalue weighted by molar-refractivity contribution is 0.0355. The van der Waals surface area contributed by atoms with E-state index in [1.54, 1.807) is 17.1 Å². The molecule has 21 heavy (non-hydrogen) atoms. The summed E-state index contributed by atoms with van der Waals surface area (Å²) in [6, 6.07) is 0.0661. The second kappa shape index (κ2) is 5.23. The molecule has 1 aliphatic heterocycles. The van der Waals surface area contributed by atoms with E-state index in [1.165, 1.54) is 11.3 Å². The summed E-state index contributed by atoms with van der Waals surface area (Å²) >= 11 is 1.37. The van der Waals surface area contributed by atoms with Gasteiger partial charge in [0, 0.05) is 18.8 Å². The normalized spacial score (nSPS) is 20.6. The summed E-state index contributed by atoms with van der Waals surface area (Å²) in [5, 5.41) is 7.92. The van der Waals surface area contributed by atoms with E-state index in [0.29, 0.717) is 11.5 Å². The molecule has 0 saturated carbocycles.